The van der Waals surface area contributed by atoms with E-state index >= 15 is 0 Å². The van der Waals surface area contributed by atoms with Gasteiger partial charge in [0.1, 0.15) is 0 Å². The van der Waals surface area contributed by atoms with Crippen LogP contribution in [0.4, 0.5) is 5.69 Å². The summed E-state index contributed by atoms with van der Waals surface area (Å²) in [7, 11) is 0. The molecule has 0 radical (unpaired) electrons. The van der Waals surface area contributed by atoms with Crippen LogP contribution in [0.1, 0.15) is 36.2 Å². The van der Waals surface area contributed by atoms with Crippen molar-refractivity contribution in [1.29, 1.82) is 0 Å². The second kappa shape index (κ2) is 4.56. The van der Waals surface area contributed by atoms with Crippen LogP contribution in [0, 0.1) is 0 Å². The van der Waals surface area contributed by atoms with Gasteiger partial charge in [0, 0.05) is 23.8 Å². The Morgan fingerprint density at radius 2 is 2.25 bits per heavy atom. The maximum absolute atomic E-state index is 11.8. The van der Waals surface area contributed by atoms with Crippen LogP contribution in [0.15, 0.2) is 18.2 Å². The maximum Gasteiger partial charge on any atom is 0.251 e. The normalized spacial score (nSPS) is 14.2. The first-order chi connectivity index (χ1) is 7.66. The topological polar surface area (TPSA) is 41.1 Å². The highest BCUT2D eigenvalue weighted by Crippen LogP contribution is 2.22. The summed E-state index contributed by atoms with van der Waals surface area (Å²) in [4.78, 5) is 11.8. The van der Waals surface area contributed by atoms with E-state index in [1.807, 2.05) is 32.0 Å². The minimum atomic E-state index is 0.0170. The van der Waals surface area contributed by atoms with Crippen molar-refractivity contribution >= 4 is 11.6 Å². The van der Waals surface area contributed by atoms with E-state index in [0.717, 1.165) is 24.9 Å². The molecular formula is C13H18N2O. The Hall–Kier alpha value is -1.51. The summed E-state index contributed by atoms with van der Waals surface area (Å²) in [6.07, 6.45) is 2.20. The SMILES string of the molecule is CC(C)NC(=O)c1ccc2c(c1)CCCN2. The molecule has 0 atom stereocenters. The minimum absolute atomic E-state index is 0.0170. The van der Waals surface area contributed by atoms with Gasteiger partial charge < -0.3 is 10.6 Å². The molecule has 0 saturated heterocycles. The van der Waals surface area contributed by atoms with Crippen molar-refractivity contribution in [3.8, 4) is 0 Å². The van der Waals surface area contributed by atoms with Crippen LogP contribution in [0.5, 0.6) is 0 Å². The fraction of sp³-hybridized carbons (Fsp3) is 0.462. The second-order valence-corrected chi connectivity index (χ2v) is 4.53. The maximum atomic E-state index is 11.8. The van der Waals surface area contributed by atoms with E-state index in [4.69, 9.17) is 0 Å². The van der Waals surface area contributed by atoms with E-state index in [0.29, 0.717) is 0 Å². The molecule has 3 nitrogen and oxygen atoms in total. The van der Waals surface area contributed by atoms with Crippen LogP contribution in [-0.4, -0.2) is 18.5 Å². The summed E-state index contributed by atoms with van der Waals surface area (Å²) in [6, 6.07) is 6.07. The Bertz CT molecular complexity index is 399. The first kappa shape index (κ1) is 11.0. The van der Waals surface area contributed by atoms with Gasteiger partial charge in [0.15, 0.2) is 0 Å². The number of carbonyl (C=O) groups is 1. The van der Waals surface area contributed by atoms with Gasteiger partial charge in [-0.15, -0.1) is 0 Å². The number of amides is 1. The number of carbonyl (C=O) groups excluding carboxylic acids is 1. The standard InChI is InChI=1S/C13H18N2O/c1-9(2)15-13(16)11-5-6-12-10(8-11)4-3-7-14-12/h5-6,8-9,14H,3-4,7H2,1-2H3,(H,15,16). The molecule has 0 fully saturated rings. The molecule has 1 aliphatic heterocycles. The number of aryl methyl sites for hydroxylation is 1. The fourth-order valence-corrected chi connectivity index (χ4v) is 1.96. The zero-order valence-corrected chi connectivity index (χ0v) is 9.84. The fourth-order valence-electron chi connectivity index (χ4n) is 1.96. The summed E-state index contributed by atoms with van der Waals surface area (Å²) < 4.78 is 0. The number of anilines is 1. The quantitative estimate of drug-likeness (QED) is 0.799. The number of benzene rings is 1. The van der Waals surface area contributed by atoms with E-state index in [1.54, 1.807) is 0 Å². The van der Waals surface area contributed by atoms with Gasteiger partial charge in [0.2, 0.25) is 0 Å². The van der Waals surface area contributed by atoms with Crippen molar-refractivity contribution in [3.05, 3.63) is 29.3 Å². The van der Waals surface area contributed by atoms with Gasteiger partial charge in [0.05, 0.1) is 0 Å². The highest BCUT2D eigenvalue weighted by Gasteiger charge is 2.12. The zero-order chi connectivity index (χ0) is 11.5. The van der Waals surface area contributed by atoms with Crippen molar-refractivity contribution in [2.45, 2.75) is 32.7 Å². The third-order valence-corrected chi connectivity index (χ3v) is 2.73. The lowest BCUT2D eigenvalue weighted by Gasteiger charge is -2.18. The molecule has 16 heavy (non-hydrogen) atoms. The molecule has 0 unspecified atom stereocenters. The molecule has 1 aromatic carbocycles. The van der Waals surface area contributed by atoms with Gasteiger partial charge >= 0.3 is 0 Å². The van der Waals surface area contributed by atoms with E-state index in [9.17, 15) is 4.79 Å². The van der Waals surface area contributed by atoms with E-state index in [1.165, 1.54) is 11.3 Å². The predicted octanol–water partition coefficient (Wildman–Crippen LogP) is 2.18. The molecule has 1 heterocycles. The van der Waals surface area contributed by atoms with E-state index in [-0.39, 0.29) is 11.9 Å². The lowest BCUT2D eigenvalue weighted by atomic mass is 10.0. The third kappa shape index (κ3) is 2.35. The molecule has 0 saturated carbocycles. The van der Waals surface area contributed by atoms with Gasteiger partial charge in [-0.3, -0.25) is 4.79 Å². The van der Waals surface area contributed by atoms with Crippen LogP contribution in [0.25, 0.3) is 0 Å². The third-order valence-electron chi connectivity index (χ3n) is 2.73. The number of fused-ring (bicyclic) bond motifs is 1. The van der Waals surface area contributed by atoms with E-state index < -0.39 is 0 Å². The van der Waals surface area contributed by atoms with Gasteiger partial charge in [-0.2, -0.15) is 0 Å². The van der Waals surface area contributed by atoms with Gasteiger partial charge in [0.25, 0.3) is 5.91 Å². The van der Waals surface area contributed by atoms with Crippen LogP contribution < -0.4 is 10.6 Å². The van der Waals surface area contributed by atoms with Crippen molar-refractivity contribution < 1.29 is 4.79 Å². The predicted molar refractivity (Wildman–Crippen MR) is 65.9 cm³/mol. The highest BCUT2D eigenvalue weighted by atomic mass is 16.1. The number of hydrogen-bond donors (Lipinski definition) is 2. The van der Waals surface area contributed by atoms with Gasteiger partial charge in [-0.1, -0.05) is 0 Å². The molecule has 2 rings (SSSR count). The summed E-state index contributed by atoms with van der Waals surface area (Å²) >= 11 is 0. The monoisotopic (exact) mass is 218 g/mol. The zero-order valence-electron chi connectivity index (χ0n) is 9.84. The minimum Gasteiger partial charge on any atom is -0.385 e. The molecule has 86 valence electrons. The number of nitrogens with one attached hydrogen (secondary N) is 2. The van der Waals surface area contributed by atoms with Crippen LogP contribution in [0.2, 0.25) is 0 Å². The second-order valence-electron chi connectivity index (χ2n) is 4.53. The Balaban J connectivity index is 2.19. The van der Waals surface area contributed by atoms with Crippen molar-refractivity contribution in [2.24, 2.45) is 0 Å². The van der Waals surface area contributed by atoms with Crippen LogP contribution >= 0.6 is 0 Å². The highest BCUT2D eigenvalue weighted by molar-refractivity contribution is 5.95. The first-order valence-corrected chi connectivity index (χ1v) is 5.84. The van der Waals surface area contributed by atoms with Crippen molar-refractivity contribution in [3.63, 3.8) is 0 Å². The molecule has 0 bridgehead atoms. The Morgan fingerprint density at radius 3 is 3.00 bits per heavy atom. The largest absolute Gasteiger partial charge is 0.385 e. The molecular weight excluding hydrogens is 200 g/mol. The molecule has 1 aliphatic rings. The van der Waals surface area contributed by atoms with Crippen molar-refractivity contribution in [1.82, 2.24) is 5.32 Å². The summed E-state index contributed by atoms with van der Waals surface area (Å²) in [5, 5.41) is 6.24. The Labute approximate surface area is 96.2 Å². The average Bonchev–Trinajstić information content (AvgIpc) is 2.27. The lowest BCUT2D eigenvalue weighted by molar-refractivity contribution is 0.0943. The van der Waals surface area contributed by atoms with Crippen LogP contribution in [-0.2, 0) is 6.42 Å². The van der Waals surface area contributed by atoms with Crippen molar-refractivity contribution in [2.75, 3.05) is 11.9 Å². The Kier molecular flexibility index (Phi) is 3.13. The summed E-state index contributed by atoms with van der Waals surface area (Å²) in [6.45, 7) is 4.97. The van der Waals surface area contributed by atoms with Gasteiger partial charge in [-0.05, 0) is 50.5 Å². The smallest absolute Gasteiger partial charge is 0.251 e. The first-order valence-electron chi connectivity index (χ1n) is 5.84. The molecule has 0 aromatic heterocycles. The van der Waals surface area contributed by atoms with Gasteiger partial charge in [-0.25, -0.2) is 0 Å². The van der Waals surface area contributed by atoms with Crippen LogP contribution in [0.3, 0.4) is 0 Å². The molecule has 1 amide bonds. The van der Waals surface area contributed by atoms with E-state index in [2.05, 4.69) is 10.6 Å². The summed E-state index contributed by atoms with van der Waals surface area (Å²) in [5.41, 5.74) is 3.19. The average molecular weight is 218 g/mol. The molecule has 1 aromatic rings. The number of rotatable bonds is 2. The molecule has 0 aliphatic carbocycles. The number of hydrogen-bond acceptors (Lipinski definition) is 2. The molecule has 0 spiro atoms. The lowest BCUT2D eigenvalue weighted by Crippen LogP contribution is -2.30. The molecule has 2 N–H and O–H groups in total. The molecule has 3 heteroatoms. The Morgan fingerprint density at radius 1 is 1.44 bits per heavy atom. The summed E-state index contributed by atoms with van der Waals surface area (Å²) in [5.74, 6) is 0.0170.